The van der Waals surface area contributed by atoms with Crippen molar-refractivity contribution in [2.24, 2.45) is 0 Å². The van der Waals surface area contributed by atoms with Crippen molar-refractivity contribution in [3.8, 4) is 11.4 Å². The summed E-state index contributed by atoms with van der Waals surface area (Å²) in [4.78, 5) is 32.2. The van der Waals surface area contributed by atoms with Gasteiger partial charge in [0.05, 0.1) is 17.3 Å². The summed E-state index contributed by atoms with van der Waals surface area (Å²) in [6, 6.07) is 9.58. The van der Waals surface area contributed by atoms with Crippen molar-refractivity contribution < 1.29 is 4.79 Å². The first-order valence-electron chi connectivity index (χ1n) is 8.77. The molecule has 0 spiro atoms. The highest BCUT2D eigenvalue weighted by molar-refractivity contribution is 5.94. The zero-order chi connectivity index (χ0) is 17.8. The van der Waals surface area contributed by atoms with Crippen LogP contribution in [0.5, 0.6) is 0 Å². The quantitative estimate of drug-likeness (QED) is 0.728. The van der Waals surface area contributed by atoms with Gasteiger partial charge in [0.15, 0.2) is 5.82 Å². The average molecular weight is 345 g/mol. The molecule has 0 aliphatic carbocycles. The number of nitrogens with zero attached hydrogens (tertiary/aromatic N) is 5. The maximum Gasteiger partial charge on any atom is 0.257 e. The molecule has 1 aliphatic heterocycles. The molecule has 1 atom stereocenters. The molecule has 1 saturated heterocycles. The maximum absolute atomic E-state index is 13.0. The lowest BCUT2D eigenvalue weighted by atomic mass is 9.98. The molecule has 26 heavy (non-hydrogen) atoms. The Morgan fingerprint density at radius 1 is 0.962 bits per heavy atom. The molecular formula is C20H19N5O. The van der Waals surface area contributed by atoms with E-state index < -0.39 is 0 Å². The SMILES string of the molecule is O=C(c1cnc(-c2cccnc2)nc1)N1CCCCC1c1ccccn1. The van der Waals surface area contributed by atoms with Crippen molar-refractivity contribution in [3.63, 3.8) is 0 Å². The summed E-state index contributed by atoms with van der Waals surface area (Å²) in [5.74, 6) is 0.521. The number of carbonyl (C=O) groups is 1. The average Bonchev–Trinajstić information content (AvgIpc) is 2.75. The van der Waals surface area contributed by atoms with E-state index in [1.165, 1.54) is 0 Å². The summed E-state index contributed by atoms with van der Waals surface area (Å²) in [6.45, 7) is 0.727. The molecule has 0 bridgehead atoms. The summed E-state index contributed by atoms with van der Waals surface area (Å²) in [5.41, 5.74) is 2.27. The van der Waals surface area contributed by atoms with E-state index in [4.69, 9.17) is 0 Å². The fraction of sp³-hybridized carbons (Fsp3) is 0.250. The first kappa shape index (κ1) is 16.3. The van der Waals surface area contributed by atoms with E-state index >= 15 is 0 Å². The molecule has 6 nitrogen and oxygen atoms in total. The molecular weight excluding hydrogens is 326 g/mol. The molecule has 0 saturated carbocycles. The Morgan fingerprint density at radius 2 is 1.85 bits per heavy atom. The molecule has 1 aliphatic rings. The zero-order valence-corrected chi connectivity index (χ0v) is 14.3. The second-order valence-corrected chi connectivity index (χ2v) is 6.30. The lowest BCUT2D eigenvalue weighted by Crippen LogP contribution is -2.39. The fourth-order valence-corrected chi connectivity index (χ4v) is 3.30. The summed E-state index contributed by atoms with van der Waals surface area (Å²) in [7, 11) is 0. The summed E-state index contributed by atoms with van der Waals surface area (Å²) in [5, 5.41) is 0. The molecule has 3 aromatic heterocycles. The third-order valence-electron chi connectivity index (χ3n) is 4.61. The molecule has 1 unspecified atom stereocenters. The van der Waals surface area contributed by atoms with Gasteiger partial charge in [-0.15, -0.1) is 0 Å². The van der Waals surface area contributed by atoms with E-state index in [9.17, 15) is 4.79 Å². The normalized spacial score (nSPS) is 17.1. The van der Waals surface area contributed by atoms with Crippen LogP contribution in [0.2, 0.25) is 0 Å². The number of piperidine rings is 1. The maximum atomic E-state index is 13.0. The van der Waals surface area contributed by atoms with Crippen molar-refractivity contribution in [2.45, 2.75) is 25.3 Å². The minimum absolute atomic E-state index is 0.00968. The van der Waals surface area contributed by atoms with Gasteiger partial charge in [0.25, 0.3) is 5.91 Å². The fourth-order valence-electron chi connectivity index (χ4n) is 3.30. The van der Waals surface area contributed by atoms with Crippen molar-refractivity contribution in [3.05, 3.63) is 72.6 Å². The molecule has 4 rings (SSSR count). The zero-order valence-electron chi connectivity index (χ0n) is 14.3. The van der Waals surface area contributed by atoms with Gasteiger partial charge in [0.1, 0.15) is 0 Å². The minimum atomic E-state index is -0.0434. The molecule has 1 fully saturated rings. The van der Waals surface area contributed by atoms with Gasteiger partial charge >= 0.3 is 0 Å². The first-order valence-corrected chi connectivity index (χ1v) is 8.77. The predicted molar refractivity (Wildman–Crippen MR) is 97.1 cm³/mol. The molecule has 0 aromatic carbocycles. The minimum Gasteiger partial charge on any atom is -0.330 e. The number of amides is 1. The summed E-state index contributed by atoms with van der Waals surface area (Å²) < 4.78 is 0. The molecule has 3 aromatic rings. The van der Waals surface area contributed by atoms with E-state index in [0.717, 1.165) is 37.1 Å². The van der Waals surface area contributed by atoms with Crippen LogP contribution in [0.3, 0.4) is 0 Å². The van der Waals surface area contributed by atoms with Crippen molar-refractivity contribution in [1.82, 2.24) is 24.8 Å². The number of carbonyl (C=O) groups excluding carboxylic acids is 1. The topological polar surface area (TPSA) is 71.9 Å². The molecule has 4 heterocycles. The Morgan fingerprint density at radius 3 is 2.58 bits per heavy atom. The molecule has 130 valence electrons. The third kappa shape index (κ3) is 3.31. The Bertz CT molecular complexity index is 868. The molecule has 0 N–H and O–H groups in total. The van der Waals surface area contributed by atoms with Crippen LogP contribution in [0.1, 0.15) is 41.4 Å². The van der Waals surface area contributed by atoms with Crippen LogP contribution < -0.4 is 0 Å². The highest BCUT2D eigenvalue weighted by atomic mass is 16.2. The van der Waals surface area contributed by atoms with E-state index in [-0.39, 0.29) is 11.9 Å². The highest BCUT2D eigenvalue weighted by Gasteiger charge is 2.29. The Kier molecular flexibility index (Phi) is 4.64. The van der Waals surface area contributed by atoms with Crippen LogP contribution in [-0.2, 0) is 0 Å². The monoisotopic (exact) mass is 345 g/mol. The van der Waals surface area contributed by atoms with Gasteiger partial charge in [-0.2, -0.15) is 0 Å². The third-order valence-corrected chi connectivity index (χ3v) is 4.61. The number of aromatic nitrogens is 4. The van der Waals surface area contributed by atoms with Crippen molar-refractivity contribution in [1.29, 1.82) is 0 Å². The first-order chi connectivity index (χ1) is 12.8. The summed E-state index contributed by atoms with van der Waals surface area (Å²) in [6.07, 6.45) is 11.4. The van der Waals surface area contributed by atoms with E-state index in [1.54, 1.807) is 31.0 Å². The highest BCUT2D eigenvalue weighted by Crippen LogP contribution is 2.30. The predicted octanol–water partition coefficient (Wildman–Crippen LogP) is 3.30. The number of pyridine rings is 2. The second-order valence-electron chi connectivity index (χ2n) is 6.30. The number of likely N-dealkylation sites (tertiary alicyclic amines) is 1. The van der Waals surface area contributed by atoms with Crippen molar-refractivity contribution >= 4 is 5.91 Å². The summed E-state index contributed by atoms with van der Waals surface area (Å²) >= 11 is 0. The smallest absolute Gasteiger partial charge is 0.257 e. The van der Waals surface area contributed by atoms with Gasteiger partial charge in [0, 0.05) is 43.1 Å². The Labute approximate surface area is 152 Å². The largest absolute Gasteiger partial charge is 0.330 e. The number of rotatable bonds is 3. The van der Waals surface area contributed by atoms with E-state index in [2.05, 4.69) is 19.9 Å². The van der Waals surface area contributed by atoms with Gasteiger partial charge in [-0.25, -0.2) is 9.97 Å². The van der Waals surface area contributed by atoms with Crippen LogP contribution in [0.25, 0.3) is 11.4 Å². The van der Waals surface area contributed by atoms with Crippen LogP contribution in [0.4, 0.5) is 0 Å². The molecule has 0 radical (unpaired) electrons. The Hall–Kier alpha value is -3.15. The van der Waals surface area contributed by atoms with Crippen LogP contribution >= 0.6 is 0 Å². The van der Waals surface area contributed by atoms with Crippen LogP contribution in [0, 0.1) is 0 Å². The van der Waals surface area contributed by atoms with E-state index in [0.29, 0.717) is 11.4 Å². The van der Waals surface area contributed by atoms with Crippen molar-refractivity contribution in [2.75, 3.05) is 6.54 Å². The standard InChI is InChI=1S/C20H19N5O/c26-20(16-13-23-19(24-14-16)15-6-5-9-21-12-15)25-11-4-2-8-18(25)17-7-1-3-10-22-17/h1,3,5-7,9-10,12-14,18H,2,4,8,11H2. The van der Waals surface area contributed by atoms with Gasteiger partial charge in [0.2, 0.25) is 0 Å². The van der Waals surface area contributed by atoms with Crippen LogP contribution in [0.15, 0.2) is 61.3 Å². The van der Waals surface area contributed by atoms with Gasteiger partial charge in [-0.3, -0.25) is 14.8 Å². The van der Waals surface area contributed by atoms with Crippen LogP contribution in [-0.4, -0.2) is 37.3 Å². The van der Waals surface area contributed by atoms with Gasteiger partial charge in [-0.05, 0) is 43.5 Å². The van der Waals surface area contributed by atoms with Gasteiger partial charge < -0.3 is 4.90 Å². The number of hydrogen-bond donors (Lipinski definition) is 0. The van der Waals surface area contributed by atoms with E-state index in [1.807, 2.05) is 35.2 Å². The molecule has 6 heteroatoms. The molecule has 1 amide bonds. The Balaban J connectivity index is 1.58. The lowest BCUT2D eigenvalue weighted by molar-refractivity contribution is 0.0605. The second kappa shape index (κ2) is 7.39. The lowest BCUT2D eigenvalue weighted by Gasteiger charge is -2.35. The van der Waals surface area contributed by atoms with Gasteiger partial charge in [-0.1, -0.05) is 6.07 Å². The number of hydrogen-bond acceptors (Lipinski definition) is 5.